The van der Waals surface area contributed by atoms with Crippen molar-refractivity contribution in [3.8, 4) is 0 Å². The minimum absolute atomic E-state index is 0.0464. The van der Waals surface area contributed by atoms with E-state index in [1.807, 2.05) is 19.1 Å². The molecule has 2 aromatic rings. The van der Waals surface area contributed by atoms with Gasteiger partial charge in [0.1, 0.15) is 5.69 Å². The van der Waals surface area contributed by atoms with Crippen molar-refractivity contribution in [1.29, 1.82) is 0 Å². The largest absolute Gasteiger partial charge is 0.345 e. The summed E-state index contributed by atoms with van der Waals surface area (Å²) in [6.07, 6.45) is 6.00. The molecule has 0 unspecified atom stereocenters. The van der Waals surface area contributed by atoms with Crippen molar-refractivity contribution < 1.29 is 4.79 Å². The predicted octanol–water partition coefficient (Wildman–Crippen LogP) is 2.95. The van der Waals surface area contributed by atoms with E-state index in [4.69, 9.17) is 11.6 Å². The molecule has 2 rings (SSSR count). The van der Waals surface area contributed by atoms with Crippen molar-refractivity contribution in [2.45, 2.75) is 19.4 Å². The molecule has 2 aromatic heterocycles. The van der Waals surface area contributed by atoms with Crippen LogP contribution >= 0.6 is 11.6 Å². The summed E-state index contributed by atoms with van der Waals surface area (Å²) in [7, 11) is 1.80. The van der Waals surface area contributed by atoms with Gasteiger partial charge in [0.15, 0.2) is 0 Å². The van der Waals surface area contributed by atoms with Gasteiger partial charge in [-0.2, -0.15) is 0 Å². The summed E-state index contributed by atoms with van der Waals surface area (Å²) >= 11 is 5.89. The van der Waals surface area contributed by atoms with E-state index in [1.54, 1.807) is 36.3 Å². The fourth-order valence-electron chi connectivity index (χ4n) is 1.99. The summed E-state index contributed by atoms with van der Waals surface area (Å²) in [5.74, 6) is -0.134. The number of aryl methyl sites for hydroxylation is 1. The average molecular weight is 278 g/mol. The summed E-state index contributed by atoms with van der Waals surface area (Å²) in [5.41, 5.74) is 1.55. The molecule has 0 aliphatic carbocycles. The van der Waals surface area contributed by atoms with Gasteiger partial charge in [-0.1, -0.05) is 24.6 Å². The third kappa shape index (κ3) is 3.15. The second kappa shape index (κ2) is 5.89. The lowest BCUT2D eigenvalue weighted by Gasteiger charge is -2.17. The molecule has 4 nitrogen and oxygen atoms in total. The van der Waals surface area contributed by atoms with E-state index in [0.29, 0.717) is 10.7 Å². The number of pyridine rings is 1. The lowest BCUT2D eigenvalue weighted by atomic mass is 10.1. The molecule has 2 heterocycles. The Balaban J connectivity index is 2.15. The van der Waals surface area contributed by atoms with Gasteiger partial charge in [0, 0.05) is 25.6 Å². The first-order chi connectivity index (χ1) is 9.11. The van der Waals surface area contributed by atoms with E-state index in [9.17, 15) is 4.79 Å². The first-order valence-corrected chi connectivity index (χ1v) is 6.52. The summed E-state index contributed by atoms with van der Waals surface area (Å²) in [5, 5.41) is 3.55. The minimum atomic E-state index is -0.134. The summed E-state index contributed by atoms with van der Waals surface area (Å²) < 4.78 is 1.72. The lowest BCUT2D eigenvalue weighted by molar-refractivity contribution is 0.0927. The zero-order valence-electron chi connectivity index (χ0n) is 10.9. The van der Waals surface area contributed by atoms with Crippen molar-refractivity contribution in [1.82, 2.24) is 14.9 Å². The van der Waals surface area contributed by atoms with Crippen LogP contribution in [-0.2, 0) is 7.05 Å². The van der Waals surface area contributed by atoms with Crippen molar-refractivity contribution in [2.24, 2.45) is 7.05 Å². The molecule has 1 amide bonds. The number of amides is 1. The molecule has 0 aromatic carbocycles. The van der Waals surface area contributed by atoms with E-state index >= 15 is 0 Å². The van der Waals surface area contributed by atoms with E-state index in [0.717, 1.165) is 12.0 Å². The fourth-order valence-corrected chi connectivity index (χ4v) is 2.24. The van der Waals surface area contributed by atoms with Crippen molar-refractivity contribution in [3.05, 3.63) is 53.1 Å². The van der Waals surface area contributed by atoms with Gasteiger partial charge in [-0.05, 0) is 24.1 Å². The monoisotopic (exact) mass is 277 g/mol. The zero-order valence-corrected chi connectivity index (χ0v) is 11.7. The van der Waals surface area contributed by atoms with E-state index in [1.165, 1.54) is 0 Å². The second-order valence-electron chi connectivity index (χ2n) is 4.38. The number of nitrogens with zero attached hydrogens (tertiary/aromatic N) is 2. The molecule has 0 saturated heterocycles. The summed E-state index contributed by atoms with van der Waals surface area (Å²) in [6.45, 7) is 2.02. The molecular formula is C14H16ClN3O. The van der Waals surface area contributed by atoms with Gasteiger partial charge in [0.25, 0.3) is 5.91 Å². The fraction of sp³-hybridized carbons (Fsp3) is 0.286. The van der Waals surface area contributed by atoms with Crippen molar-refractivity contribution >= 4 is 17.5 Å². The molecule has 5 heteroatoms. The van der Waals surface area contributed by atoms with E-state index < -0.39 is 0 Å². The standard InChI is InChI=1S/C14H16ClN3O/c1-3-12(10-5-4-6-16-8-10)17-14(19)13-7-11(15)9-18(13)2/h4-9,12H,3H2,1-2H3,(H,17,19)/t12-/m1/s1. The number of nitrogens with one attached hydrogen (secondary N) is 1. The highest BCUT2D eigenvalue weighted by Crippen LogP contribution is 2.17. The highest BCUT2D eigenvalue weighted by molar-refractivity contribution is 6.31. The van der Waals surface area contributed by atoms with E-state index in [-0.39, 0.29) is 11.9 Å². The maximum atomic E-state index is 12.2. The Morgan fingerprint density at radius 2 is 2.37 bits per heavy atom. The number of rotatable bonds is 4. The number of hydrogen-bond donors (Lipinski definition) is 1. The minimum Gasteiger partial charge on any atom is -0.345 e. The van der Waals surface area contributed by atoms with Gasteiger partial charge >= 0.3 is 0 Å². The van der Waals surface area contributed by atoms with Crippen LogP contribution in [0.5, 0.6) is 0 Å². The van der Waals surface area contributed by atoms with Crippen LogP contribution in [0.1, 0.15) is 35.4 Å². The number of aromatic nitrogens is 2. The summed E-state index contributed by atoms with van der Waals surface area (Å²) in [6, 6.07) is 5.44. The molecule has 0 bridgehead atoms. The molecule has 19 heavy (non-hydrogen) atoms. The second-order valence-corrected chi connectivity index (χ2v) is 4.81. The van der Waals surface area contributed by atoms with Gasteiger partial charge in [0.2, 0.25) is 0 Å². The Morgan fingerprint density at radius 1 is 1.58 bits per heavy atom. The molecular weight excluding hydrogens is 262 g/mol. The van der Waals surface area contributed by atoms with Crippen LogP contribution in [0.2, 0.25) is 5.02 Å². The van der Waals surface area contributed by atoms with Crippen LogP contribution in [0.3, 0.4) is 0 Å². The van der Waals surface area contributed by atoms with Crippen LogP contribution in [0, 0.1) is 0 Å². The summed E-state index contributed by atoms with van der Waals surface area (Å²) in [4.78, 5) is 16.3. The average Bonchev–Trinajstić information content (AvgIpc) is 2.76. The lowest BCUT2D eigenvalue weighted by Crippen LogP contribution is -2.29. The number of carbonyl (C=O) groups excluding carboxylic acids is 1. The number of hydrogen-bond acceptors (Lipinski definition) is 2. The Bertz CT molecular complexity index is 565. The normalized spacial score (nSPS) is 12.2. The molecule has 0 radical (unpaired) electrons. The third-order valence-corrected chi connectivity index (χ3v) is 3.21. The number of carbonyl (C=O) groups is 1. The highest BCUT2D eigenvalue weighted by atomic mass is 35.5. The topological polar surface area (TPSA) is 46.9 Å². The van der Waals surface area contributed by atoms with Crippen LogP contribution in [0.15, 0.2) is 36.8 Å². The Morgan fingerprint density at radius 3 is 2.89 bits per heavy atom. The zero-order chi connectivity index (χ0) is 13.8. The predicted molar refractivity (Wildman–Crippen MR) is 75.2 cm³/mol. The van der Waals surface area contributed by atoms with Gasteiger partial charge in [-0.25, -0.2) is 0 Å². The van der Waals surface area contributed by atoms with Gasteiger partial charge in [-0.15, -0.1) is 0 Å². The molecule has 1 atom stereocenters. The van der Waals surface area contributed by atoms with Crippen LogP contribution in [0.4, 0.5) is 0 Å². The Kier molecular flexibility index (Phi) is 4.22. The van der Waals surface area contributed by atoms with Crippen molar-refractivity contribution in [2.75, 3.05) is 0 Å². The van der Waals surface area contributed by atoms with Crippen LogP contribution in [-0.4, -0.2) is 15.5 Å². The van der Waals surface area contributed by atoms with Gasteiger partial charge in [-0.3, -0.25) is 9.78 Å². The van der Waals surface area contributed by atoms with Crippen LogP contribution in [0.25, 0.3) is 0 Å². The van der Waals surface area contributed by atoms with Crippen molar-refractivity contribution in [3.63, 3.8) is 0 Å². The Hall–Kier alpha value is -1.81. The SMILES string of the molecule is CC[C@@H](NC(=O)c1cc(Cl)cn1C)c1cccnc1. The maximum Gasteiger partial charge on any atom is 0.268 e. The molecule has 100 valence electrons. The Labute approximate surface area is 117 Å². The first kappa shape index (κ1) is 13.6. The molecule has 0 spiro atoms. The van der Waals surface area contributed by atoms with Gasteiger partial charge < -0.3 is 9.88 Å². The first-order valence-electron chi connectivity index (χ1n) is 6.14. The highest BCUT2D eigenvalue weighted by Gasteiger charge is 2.16. The maximum absolute atomic E-state index is 12.2. The quantitative estimate of drug-likeness (QED) is 0.934. The van der Waals surface area contributed by atoms with Crippen LogP contribution < -0.4 is 5.32 Å². The molecule has 0 aliphatic heterocycles. The third-order valence-electron chi connectivity index (χ3n) is 3.00. The van der Waals surface area contributed by atoms with E-state index in [2.05, 4.69) is 10.3 Å². The molecule has 0 fully saturated rings. The molecule has 0 saturated carbocycles. The molecule has 1 N–H and O–H groups in total. The number of halogens is 1. The smallest absolute Gasteiger partial charge is 0.268 e. The molecule has 0 aliphatic rings. The van der Waals surface area contributed by atoms with Gasteiger partial charge in [0.05, 0.1) is 11.1 Å².